The molecule has 0 aliphatic heterocycles. The highest BCUT2D eigenvalue weighted by atomic mass is 32.1. The van der Waals surface area contributed by atoms with Crippen molar-refractivity contribution in [1.82, 2.24) is 19.9 Å². The van der Waals surface area contributed by atoms with E-state index >= 15 is 0 Å². The van der Waals surface area contributed by atoms with E-state index in [1.165, 1.54) is 11.1 Å². The first-order valence-corrected chi connectivity index (χ1v) is 13.6. The van der Waals surface area contributed by atoms with Gasteiger partial charge in [-0.05, 0) is 35.4 Å². The van der Waals surface area contributed by atoms with Crippen LogP contribution in [0.3, 0.4) is 0 Å². The molecule has 0 bridgehead atoms. The van der Waals surface area contributed by atoms with Crippen molar-refractivity contribution in [2.75, 3.05) is 0 Å². The summed E-state index contributed by atoms with van der Waals surface area (Å²) >= 11 is 1.68. The first kappa shape index (κ1) is 23.1. The number of thiazole rings is 1. The molecule has 0 spiro atoms. The second-order valence-corrected chi connectivity index (χ2v) is 10.2. The van der Waals surface area contributed by atoms with E-state index in [1.807, 2.05) is 72.8 Å². The van der Waals surface area contributed by atoms with Crippen LogP contribution < -0.4 is 0 Å². The van der Waals surface area contributed by atoms with Gasteiger partial charge in [-0.25, -0.2) is 19.9 Å². The number of aromatic nitrogens is 4. The SMILES string of the molecule is c1ccc(-c2cccc(-c3nc4ccc(-c5nc(-c6ccccc6)nc(-c6ccccc6)n5)cc4s3)c2)cc1. The van der Waals surface area contributed by atoms with Crippen LogP contribution >= 0.6 is 11.3 Å². The third-order valence-corrected chi connectivity index (χ3v) is 7.63. The van der Waals surface area contributed by atoms with Gasteiger partial charge >= 0.3 is 0 Å². The molecule has 0 atom stereocenters. The summed E-state index contributed by atoms with van der Waals surface area (Å²) in [5.41, 5.74) is 7.30. The zero-order valence-corrected chi connectivity index (χ0v) is 21.7. The molecule has 0 fully saturated rings. The average molecular weight is 519 g/mol. The number of hydrogen-bond acceptors (Lipinski definition) is 5. The van der Waals surface area contributed by atoms with Gasteiger partial charge in [-0.2, -0.15) is 0 Å². The molecule has 2 aromatic heterocycles. The highest BCUT2D eigenvalue weighted by molar-refractivity contribution is 7.21. The Labute approximate surface area is 230 Å². The summed E-state index contributed by atoms with van der Waals surface area (Å²) in [6, 6.07) is 45.3. The Morgan fingerprint density at radius 2 is 0.872 bits per heavy atom. The van der Waals surface area contributed by atoms with Crippen molar-refractivity contribution < 1.29 is 0 Å². The molecule has 0 amide bonds. The van der Waals surface area contributed by atoms with Crippen molar-refractivity contribution in [3.05, 3.63) is 133 Å². The standard InChI is InChI=1S/C34H22N4S/c1-4-11-23(12-5-1)26-17-10-18-28(21-26)34-35-29-20-19-27(22-30(29)39-34)33-37-31(24-13-6-2-7-14-24)36-32(38-33)25-15-8-3-9-16-25/h1-22H. The van der Waals surface area contributed by atoms with Gasteiger partial charge < -0.3 is 0 Å². The summed E-state index contributed by atoms with van der Waals surface area (Å²) in [5.74, 6) is 1.95. The molecule has 5 heteroatoms. The minimum atomic E-state index is 0.644. The summed E-state index contributed by atoms with van der Waals surface area (Å²) in [6.07, 6.45) is 0. The molecule has 0 unspecified atom stereocenters. The Morgan fingerprint density at radius 1 is 0.359 bits per heavy atom. The normalized spacial score (nSPS) is 11.1. The molecule has 0 aliphatic carbocycles. The van der Waals surface area contributed by atoms with E-state index in [9.17, 15) is 0 Å². The number of nitrogens with zero attached hydrogens (tertiary/aromatic N) is 4. The fourth-order valence-electron chi connectivity index (χ4n) is 4.59. The van der Waals surface area contributed by atoms with E-state index in [-0.39, 0.29) is 0 Å². The van der Waals surface area contributed by atoms with Gasteiger partial charge in [0.15, 0.2) is 17.5 Å². The van der Waals surface area contributed by atoms with Gasteiger partial charge in [0.25, 0.3) is 0 Å². The van der Waals surface area contributed by atoms with Crippen molar-refractivity contribution in [3.63, 3.8) is 0 Å². The van der Waals surface area contributed by atoms with Crippen LogP contribution in [0, 0.1) is 0 Å². The van der Waals surface area contributed by atoms with Crippen LogP contribution in [0.5, 0.6) is 0 Å². The van der Waals surface area contributed by atoms with E-state index in [2.05, 4.69) is 60.7 Å². The van der Waals surface area contributed by atoms with Gasteiger partial charge in [-0.3, -0.25) is 0 Å². The maximum Gasteiger partial charge on any atom is 0.164 e. The molecule has 0 saturated heterocycles. The van der Waals surface area contributed by atoms with Crippen molar-refractivity contribution in [1.29, 1.82) is 0 Å². The van der Waals surface area contributed by atoms with Gasteiger partial charge in [0, 0.05) is 22.3 Å². The fraction of sp³-hybridized carbons (Fsp3) is 0. The van der Waals surface area contributed by atoms with Gasteiger partial charge in [0.05, 0.1) is 10.2 Å². The van der Waals surface area contributed by atoms with Crippen LogP contribution in [-0.2, 0) is 0 Å². The van der Waals surface area contributed by atoms with Gasteiger partial charge in [0.1, 0.15) is 5.01 Å². The monoisotopic (exact) mass is 518 g/mol. The van der Waals surface area contributed by atoms with E-state index < -0.39 is 0 Å². The Kier molecular flexibility index (Phi) is 5.96. The van der Waals surface area contributed by atoms with Gasteiger partial charge in [-0.15, -0.1) is 11.3 Å². The first-order valence-electron chi connectivity index (χ1n) is 12.7. The first-order chi connectivity index (χ1) is 19.3. The summed E-state index contributed by atoms with van der Waals surface area (Å²) < 4.78 is 1.09. The quantitative estimate of drug-likeness (QED) is 0.228. The highest BCUT2D eigenvalue weighted by Crippen LogP contribution is 2.35. The number of fused-ring (bicyclic) bond motifs is 1. The van der Waals surface area contributed by atoms with Crippen LogP contribution in [0.15, 0.2) is 133 Å². The molecular formula is C34H22N4S. The molecule has 2 heterocycles. The summed E-state index contributed by atoms with van der Waals surface area (Å²) in [5, 5.41) is 0.991. The Bertz CT molecular complexity index is 1840. The average Bonchev–Trinajstić information content (AvgIpc) is 3.46. The molecule has 0 radical (unpaired) electrons. The lowest BCUT2D eigenvalue weighted by Gasteiger charge is -2.08. The predicted molar refractivity (Wildman–Crippen MR) is 160 cm³/mol. The maximum absolute atomic E-state index is 4.95. The van der Waals surface area contributed by atoms with Crippen LogP contribution in [0.4, 0.5) is 0 Å². The van der Waals surface area contributed by atoms with Crippen molar-refractivity contribution >= 4 is 21.6 Å². The van der Waals surface area contributed by atoms with E-state index in [1.54, 1.807) is 11.3 Å². The largest absolute Gasteiger partial charge is 0.236 e. The summed E-state index contributed by atoms with van der Waals surface area (Å²) in [6.45, 7) is 0. The topological polar surface area (TPSA) is 51.6 Å². The van der Waals surface area contributed by atoms with Crippen LogP contribution in [-0.4, -0.2) is 19.9 Å². The maximum atomic E-state index is 4.95. The predicted octanol–water partition coefficient (Wildman–Crippen LogP) is 8.82. The lowest BCUT2D eigenvalue weighted by Crippen LogP contribution is -1.99. The molecule has 4 nitrogen and oxygen atoms in total. The van der Waals surface area contributed by atoms with Gasteiger partial charge in [0.2, 0.25) is 0 Å². The van der Waals surface area contributed by atoms with E-state index in [0.717, 1.165) is 37.5 Å². The minimum Gasteiger partial charge on any atom is -0.236 e. The molecule has 39 heavy (non-hydrogen) atoms. The van der Waals surface area contributed by atoms with Crippen LogP contribution in [0.25, 0.3) is 66.1 Å². The van der Waals surface area contributed by atoms with Crippen molar-refractivity contribution in [3.8, 4) is 55.9 Å². The van der Waals surface area contributed by atoms with Crippen molar-refractivity contribution in [2.24, 2.45) is 0 Å². The summed E-state index contributed by atoms with van der Waals surface area (Å²) in [7, 11) is 0. The smallest absolute Gasteiger partial charge is 0.164 e. The van der Waals surface area contributed by atoms with E-state index in [0.29, 0.717) is 17.5 Å². The van der Waals surface area contributed by atoms with Gasteiger partial charge in [-0.1, -0.05) is 109 Å². The molecule has 7 aromatic rings. The molecule has 7 rings (SSSR count). The fourth-order valence-corrected chi connectivity index (χ4v) is 5.59. The lowest BCUT2D eigenvalue weighted by molar-refractivity contribution is 1.07. The van der Waals surface area contributed by atoms with Crippen LogP contribution in [0.2, 0.25) is 0 Å². The molecular weight excluding hydrogens is 496 g/mol. The third-order valence-electron chi connectivity index (χ3n) is 6.56. The second-order valence-electron chi connectivity index (χ2n) is 9.19. The molecule has 184 valence electrons. The van der Waals surface area contributed by atoms with E-state index in [4.69, 9.17) is 19.9 Å². The van der Waals surface area contributed by atoms with Crippen LogP contribution in [0.1, 0.15) is 0 Å². The molecule has 5 aromatic carbocycles. The zero-order valence-electron chi connectivity index (χ0n) is 20.9. The molecule has 0 aliphatic rings. The Morgan fingerprint density at radius 3 is 1.49 bits per heavy atom. The second kappa shape index (κ2) is 10.0. The highest BCUT2D eigenvalue weighted by Gasteiger charge is 2.14. The Hall–Kier alpha value is -5.00. The summed E-state index contributed by atoms with van der Waals surface area (Å²) in [4.78, 5) is 19.5. The number of rotatable bonds is 5. The third kappa shape index (κ3) is 4.72. The van der Waals surface area contributed by atoms with Crippen molar-refractivity contribution in [2.45, 2.75) is 0 Å². The number of benzene rings is 5. The molecule has 0 saturated carbocycles. The lowest BCUT2D eigenvalue weighted by atomic mass is 10.0. The zero-order chi connectivity index (χ0) is 26.0. The number of hydrogen-bond donors (Lipinski definition) is 0. The Balaban J connectivity index is 1.31. The molecule has 0 N–H and O–H groups in total. The minimum absolute atomic E-state index is 0.644.